The minimum Gasteiger partial charge on any atom is -0.370 e. The van der Waals surface area contributed by atoms with Crippen LogP contribution in [0.3, 0.4) is 0 Å². The Kier molecular flexibility index (Phi) is 31.1. The summed E-state index contributed by atoms with van der Waals surface area (Å²) in [6.07, 6.45) is 10.3. The third-order valence-electron chi connectivity index (χ3n) is 17.0. The van der Waals surface area contributed by atoms with Crippen molar-refractivity contribution in [3.8, 4) is 0 Å². The predicted molar refractivity (Wildman–Crippen MR) is 347 cm³/mol. The molecule has 92 heavy (non-hydrogen) atoms. The van der Waals surface area contributed by atoms with Gasteiger partial charge in [0, 0.05) is 66.7 Å². The Morgan fingerprint density at radius 3 is 1.97 bits per heavy atom. The van der Waals surface area contributed by atoms with E-state index in [4.69, 9.17) is 11.5 Å². The number of fused-ring (bicyclic) bond motifs is 1. The van der Waals surface area contributed by atoms with Gasteiger partial charge in [0.25, 0.3) is 0 Å². The number of hydrogen-bond acceptors (Lipinski definition) is 16. The Morgan fingerprint density at radius 2 is 1.34 bits per heavy atom. The molecule has 3 rings (SSSR count). The molecule has 8 amide bonds. The van der Waals surface area contributed by atoms with Gasteiger partial charge in [-0.25, -0.2) is 0 Å². The molecule has 25 nitrogen and oxygen atoms in total. The minimum atomic E-state index is -1.70. The van der Waals surface area contributed by atoms with Crippen molar-refractivity contribution >= 4 is 92.9 Å². The lowest BCUT2D eigenvalue weighted by Crippen LogP contribution is -2.64. The number of primary amides is 2. The van der Waals surface area contributed by atoms with Crippen molar-refractivity contribution in [3.05, 3.63) is 48.2 Å². The van der Waals surface area contributed by atoms with Gasteiger partial charge in [-0.1, -0.05) is 77.3 Å². The maximum Gasteiger partial charge on any atom is 0.246 e. The molecule has 1 aromatic carbocycles. The van der Waals surface area contributed by atoms with Gasteiger partial charge in [-0.05, 0) is 138 Å². The van der Waals surface area contributed by atoms with E-state index >= 15 is 0 Å². The zero-order valence-electron chi connectivity index (χ0n) is 56.2. The van der Waals surface area contributed by atoms with Crippen molar-refractivity contribution in [1.29, 1.82) is 0 Å². The summed E-state index contributed by atoms with van der Waals surface area (Å²) in [4.78, 5) is 193. The van der Waals surface area contributed by atoms with Crippen molar-refractivity contribution < 1.29 is 67.1 Å². The van der Waals surface area contributed by atoms with Crippen LogP contribution in [0.4, 0.5) is 0 Å². The molecule has 0 spiro atoms. The fraction of sp³-hybridized carbons (Fsp3) is 0.642. The SMILES string of the molecule is CC(=O)C[C@]1(C)CCCCCC/C=C/CCC[C@@](C)(C(=O)N[C@@H](C)C(=O)NC(C)(C)C(=O)NC(C)C(=O)N[C@@H](C)C(=O)C(=O)[C@H](C)NC[C@H](C)C(N)=O)NC(=O)[C@H](CC(C)C)CN[C@@H](CCC(N)=O)C(=O)C(=O)C(C)NC(=O)[C@H](Cc2c[nH]c3ccccc23)CC1=O. The van der Waals surface area contributed by atoms with Gasteiger partial charge in [-0.3, -0.25) is 67.1 Å². The van der Waals surface area contributed by atoms with Crippen LogP contribution in [-0.2, 0) is 73.5 Å². The van der Waals surface area contributed by atoms with E-state index in [2.05, 4.69) is 47.5 Å². The highest BCUT2D eigenvalue weighted by Crippen LogP contribution is 2.34. The number of carbonyl (C=O) groups excluding carboxylic acids is 14. The smallest absolute Gasteiger partial charge is 0.246 e. The number of Topliss-reactive ketones (excluding diaryl/α,β-unsaturated/α-hetero) is 6. The third kappa shape index (κ3) is 24.7. The van der Waals surface area contributed by atoms with E-state index in [1.165, 1.54) is 62.3 Å². The number of rotatable bonds is 24. The molecule has 2 aromatic rings. The molecule has 2 heterocycles. The first-order valence-electron chi connectivity index (χ1n) is 32.2. The average Bonchev–Trinajstić information content (AvgIpc) is 1.79. The fourth-order valence-corrected chi connectivity index (χ4v) is 11.0. The molecule has 13 N–H and O–H groups in total. The van der Waals surface area contributed by atoms with E-state index in [0.717, 1.165) is 42.1 Å². The number of H-pyrrole nitrogens is 1. The topological polar surface area (TPSA) is 403 Å². The molecule has 0 fully saturated rings. The summed E-state index contributed by atoms with van der Waals surface area (Å²) >= 11 is 0. The first-order chi connectivity index (χ1) is 42.9. The minimum absolute atomic E-state index is 0.0289. The van der Waals surface area contributed by atoms with E-state index in [9.17, 15) is 67.1 Å². The maximum atomic E-state index is 14.7. The normalized spacial score (nSPS) is 23.7. The number of nitrogens with one attached hydrogen (secondary N) is 9. The van der Waals surface area contributed by atoms with Crippen LogP contribution in [0, 0.1) is 29.1 Å². The van der Waals surface area contributed by atoms with E-state index in [1.54, 1.807) is 20.0 Å². The zero-order chi connectivity index (χ0) is 69.4. The maximum absolute atomic E-state index is 14.7. The first kappa shape index (κ1) is 78.4. The standard InChI is InChI=1S/C67H103N11O14/c1-38(2)31-48-37-72-51(27-28-53(68)81)57(85)56(84)43(7)74-61(89)46(32-47-36-71-50-26-22-21-25-49(47)50)33-52(80)66(12,34-40(4)79)29-23-19-17-15-14-16-18-20-24-30-67(13,78-62(48)90)64(92)76-45(9)60(88)77-65(10,11)63(91)75-44(8)59(87)73-42(6)55(83)54(82)41(5)70-35-39(3)58(69)86/h16,18,21-22,25-26,36,38-39,41-46,48,51,70-72H,14-15,17,19-20,23-24,27-35,37H2,1-13H3,(H2,68,81)(H2,69,86)(H,73,87)(H,74,89)(H,75,91)(H,76,92)(H,77,88)(H,78,90)/b18-16+/t39-,41-,42-,43?,44?,45-,46+,48+,51-,66-,67-/m0/s1. The molecule has 0 aliphatic carbocycles. The first-order valence-corrected chi connectivity index (χ1v) is 32.2. The number of carbonyl (C=O) groups is 14. The lowest BCUT2D eigenvalue weighted by Gasteiger charge is -2.34. The van der Waals surface area contributed by atoms with Crippen molar-refractivity contribution in [1.82, 2.24) is 47.5 Å². The molecule has 2 unspecified atom stereocenters. The summed E-state index contributed by atoms with van der Waals surface area (Å²) in [7, 11) is 0. The summed E-state index contributed by atoms with van der Waals surface area (Å²) in [5, 5.41) is 22.4. The van der Waals surface area contributed by atoms with Crippen LogP contribution < -0.4 is 54.0 Å². The fourth-order valence-electron chi connectivity index (χ4n) is 11.0. The quantitative estimate of drug-likeness (QED) is 0.0530. The van der Waals surface area contributed by atoms with Crippen molar-refractivity contribution in [2.45, 2.75) is 234 Å². The summed E-state index contributed by atoms with van der Waals surface area (Å²) in [5.41, 5.74) is 7.90. The van der Waals surface area contributed by atoms with Crippen LogP contribution >= 0.6 is 0 Å². The van der Waals surface area contributed by atoms with E-state index in [-0.39, 0.29) is 75.5 Å². The number of allylic oxidation sites excluding steroid dienone is 2. The van der Waals surface area contributed by atoms with Crippen molar-refractivity contribution in [2.24, 2.45) is 40.6 Å². The van der Waals surface area contributed by atoms with Crippen LogP contribution in [0.5, 0.6) is 0 Å². The number of amides is 8. The number of hydrogen-bond donors (Lipinski definition) is 11. The Balaban J connectivity index is 1.91. The van der Waals surface area contributed by atoms with Gasteiger partial charge in [-0.2, -0.15) is 0 Å². The van der Waals surface area contributed by atoms with Gasteiger partial charge in [0.1, 0.15) is 34.7 Å². The van der Waals surface area contributed by atoms with Gasteiger partial charge in [0.05, 0.1) is 30.1 Å². The van der Waals surface area contributed by atoms with E-state index in [1.807, 2.05) is 50.3 Å². The molecule has 11 atom stereocenters. The van der Waals surface area contributed by atoms with E-state index in [0.29, 0.717) is 25.7 Å². The van der Waals surface area contributed by atoms with Crippen LogP contribution in [0.2, 0.25) is 0 Å². The van der Waals surface area contributed by atoms with Gasteiger partial charge in [0.15, 0.2) is 0 Å². The Labute approximate surface area is 540 Å². The van der Waals surface area contributed by atoms with Crippen LogP contribution in [-0.4, -0.2) is 147 Å². The van der Waals surface area contributed by atoms with Crippen LogP contribution in [0.1, 0.15) is 185 Å². The van der Waals surface area contributed by atoms with Crippen molar-refractivity contribution in [3.63, 3.8) is 0 Å². The molecule has 0 bridgehead atoms. The Hall–Kier alpha value is -7.80. The summed E-state index contributed by atoms with van der Waals surface area (Å²) in [5.74, 6) is -12.9. The van der Waals surface area contributed by atoms with Gasteiger partial charge < -0.3 is 59.0 Å². The second-order valence-electron chi connectivity index (χ2n) is 26.6. The summed E-state index contributed by atoms with van der Waals surface area (Å²) in [6.45, 7) is 19.3. The number of nitrogens with two attached hydrogens (primary N) is 2. The summed E-state index contributed by atoms with van der Waals surface area (Å²) < 4.78 is 0. The highest BCUT2D eigenvalue weighted by molar-refractivity contribution is 6.41. The van der Waals surface area contributed by atoms with Gasteiger partial charge in [-0.15, -0.1) is 0 Å². The lowest BCUT2D eigenvalue weighted by atomic mass is 9.73. The number of benzene rings is 1. The molecule has 0 saturated heterocycles. The highest BCUT2D eigenvalue weighted by Gasteiger charge is 2.42. The molecule has 0 radical (unpaired) electrons. The zero-order valence-corrected chi connectivity index (χ0v) is 56.2. The molecule has 1 aromatic heterocycles. The molecular weight excluding hydrogens is 1180 g/mol. The largest absolute Gasteiger partial charge is 0.370 e. The molecule has 1 aliphatic rings. The van der Waals surface area contributed by atoms with Crippen LogP contribution in [0.15, 0.2) is 42.6 Å². The third-order valence-corrected chi connectivity index (χ3v) is 17.0. The highest BCUT2D eigenvalue weighted by atomic mass is 16.2. The second kappa shape index (κ2) is 36.4. The molecular formula is C67H103N11O14. The van der Waals surface area contributed by atoms with E-state index < -0.39 is 141 Å². The number of aromatic amines is 1. The summed E-state index contributed by atoms with van der Waals surface area (Å²) in [6, 6.07) is -0.196. The predicted octanol–water partition coefficient (Wildman–Crippen LogP) is 3.40. The molecule has 25 heteroatoms. The number of para-hydroxylation sites is 1. The number of aromatic nitrogens is 1. The lowest BCUT2D eigenvalue weighted by molar-refractivity contribution is -0.141. The second-order valence-corrected chi connectivity index (χ2v) is 26.6. The van der Waals surface area contributed by atoms with Gasteiger partial charge in [0.2, 0.25) is 70.4 Å². The monoisotopic (exact) mass is 1290 g/mol. The molecule has 510 valence electrons. The Bertz CT molecular complexity index is 3030. The van der Waals surface area contributed by atoms with Crippen molar-refractivity contribution in [2.75, 3.05) is 13.1 Å². The molecule has 0 saturated carbocycles. The number of ketones is 6. The Morgan fingerprint density at radius 1 is 0.717 bits per heavy atom. The van der Waals surface area contributed by atoms with Gasteiger partial charge >= 0.3 is 0 Å². The average molecular weight is 1290 g/mol. The molecule has 1 aliphatic heterocycles. The van der Waals surface area contributed by atoms with Crippen LogP contribution in [0.25, 0.3) is 10.9 Å².